The van der Waals surface area contributed by atoms with E-state index < -0.39 is 32.2 Å². The predicted molar refractivity (Wildman–Crippen MR) is 72.8 cm³/mol. The molecule has 0 atom stereocenters. The summed E-state index contributed by atoms with van der Waals surface area (Å²) in [5, 5.41) is 7.08. The molecule has 0 unspecified atom stereocenters. The summed E-state index contributed by atoms with van der Waals surface area (Å²) in [6, 6.07) is 6.74. The van der Waals surface area contributed by atoms with E-state index in [-0.39, 0.29) is 11.4 Å². The predicted octanol–water partition coefficient (Wildman–Crippen LogP) is 0.414. The highest BCUT2D eigenvalue weighted by atomic mass is 32.2. The van der Waals surface area contributed by atoms with Crippen molar-refractivity contribution in [3.8, 4) is 0 Å². The van der Waals surface area contributed by atoms with E-state index in [0.717, 1.165) is 12.1 Å². The molecular formula is C12H10FN3O4S. The smallest absolute Gasteiger partial charge is 0.272 e. The van der Waals surface area contributed by atoms with Crippen LogP contribution >= 0.6 is 0 Å². The van der Waals surface area contributed by atoms with Gasteiger partial charge in [-0.1, -0.05) is 6.07 Å². The summed E-state index contributed by atoms with van der Waals surface area (Å²) >= 11 is 0. The number of amides is 1. The fraction of sp³-hybridized carbons (Fsp3) is 0. The molecule has 0 aliphatic carbocycles. The number of sulfonamides is 1. The lowest BCUT2D eigenvalue weighted by molar-refractivity contribution is 0.102. The molecular weight excluding hydrogens is 301 g/mol. The zero-order valence-electron chi connectivity index (χ0n) is 10.5. The average molecular weight is 311 g/mol. The summed E-state index contributed by atoms with van der Waals surface area (Å²) in [6.45, 7) is 0. The van der Waals surface area contributed by atoms with Crippen molar-refractivity contribution >= 4 is 21.6 Å². The van der Waals surface area contributed by atoms with E-state index in [2.05, 4.69) is 10.3 Å². The van der Waals surface area contributed by atoms with Crippen LogP contribution in [0.25, 0.3) is 0 Å². The molecule has 0 saturated heterocycles. The Morgan fingerprint density at radius 2 is 1.95 bits per heavy atom. The van der Waals surface area contributed by atoms with Gasteiger partial charge in [-0.15, -0.1) is 0 Å². The Hall–Kier alpha value is -2.52. The summed E-state index contributed by atoms with van der Waals surface area (Å²) in [7, 11) is -4.03. The number of hydrogen-bond acceptors (Lipinski definition) is 4. The first-order valence-electron chi connectivity index (χ1n) is 5.60. The van der Waals surface area contributed by atoms with E-state index in [1.165, 1.54) is 18.2 Å². The summed E-state index contributed by atoms with van der Waals surface area (Å²) in [4.78, 5) is 24.8. The zero-order chi connectivity index (χ0) is 15.6. The van der Waals surface area contributed by atoms with Gasteiger partial charge < -0.3 is 10.3 Å². The van der Waals surface area contributed by atoms with Gasteiger partial charge in [0.2, 0.25) is 15.6 Å². The van der Waals surface area contributed by atoms with Crippen LogP contribution in [0.3, 0.4) is 0 Å². The fourth-order valence-corrected chi connectivity index (χ4v) is 2.07. The molecule has 110 valence electrons. The Balaban J connectivity index is 2.28. The van der Waals surface area contributed by atoms with Crippen LogP contribution in [-0.2, 0) is 10.0 Å². The summed E-state index contributed by atoms with van der Waals surface area (Å²) in [6.07, 6.45) is 0. The summed E-state index contributed by atoms with van der Waals surface area (Å²) in [5.74, 6) is -1.71. The first kappa shape index (κ1) is 14.9. The van der Waals surface area contributed by atoms with Crippen LogP contribution in [0.5, 0.6) is 0 Å². The Morgan fingerprint density at radius 3 is 2.52 bits per heavy atom. The molecule has 1 heterocycles. The van der Waals surface area contributed by atoms with Gasteiger partial charge in [0, 0.05) is 6.07 Å². The van der Waals surface area contributed by atoms with Crippen molar-refractivity contribution in [2.45, 2.75) is 4.90 Å². The minimum absolute atomic E-state index is 0.0579. The number of carbonyl (C=O) groups is 1. The number of anilines is 1. The number of nitrogens with one attached hydrogen (secondary N) is 2. The number of primary sulfonamides is 1. The maximum absolute atomic E-state index is 13.7. The van der Waals surface area contributed by atoms with Gasteiger partial charge >= 0.3 is 0 Å². The van der Waals surface area contributed by atoms with Gasteiger partial charge in [0.15, 0.2) is 0 Å². The molecule has 1 amide bonds. The SMILES string of the molecule is NS(=O)(=O)c1ccc(NC(=O)c2cccc(=O)[nH]2)c(F)c1. The van der Waals surface area contributed by atoms with Gasteiger partial charge in [-0.3, -0.25) is 9.59 Å². The summed E-state index contributed by atoms with van der Waals surface area (Å²) in [5.41, 5.74) is -0.776. The molecule has 7 nitrogen and oxygen atoms in total. The Labute approximate surface area is 118 Å². The van der Waals surface area contributed by atoms with E-state index in [1.54, 1.807) is 0 Å². The number of aromatic amines is 1. The van der Waals surface area contributed by atoms with Crippen molar-refractivity contribution < 1.29 is 17.6 Å². The lowest BCUT2D eigenvalue weighted by Gasteiger charge is -2.07. The lowest BCUT2D eigenvalue weighted by Crippen LogP contribution is -2.19. The molecule has 0 spiro atoms. The van der Waals surface area contributed by atoms with Gasteiger partial charge in [0.25, 0.3) is 5.91 Å². The number of nitrogens with two attached hydrogens (primary N) is 1. The second kappa shape index (κ2) is 5.46. The third-order valence-corrected chi connectivity index (χ3v) is 3.44. The number of halogens is 1. The number of carbonyl (C=O) groups excluding carboxylic acids is 1. The van der Waals surface area contributed by atoms with Crippen LogP contribution in [0.2, 0.25) is 0 Å². The van der Waals surface area contributed by atoms with Crippen LogP contribution in [0.4, 0.5) is 10.1 Å². The van der Waals surface area contributed by atoms with Gasteiger partial charge in [-0.2, -0.15) is 0 Å². The van der Waals surface area contributed by atoms with Crippen LogP contribution in [0, 0.1) is 5.82 Å². The minimum atomic E-state index is -4.03. The minimum Gasteiger partial charge on any atom is -0.318 e. The standard InChI is InChI=1S/C12H10FN3O4S/c13-8-6-7(21(14,19)20)4-5-9(8)16-12(18)10-2-1-3-11(17)15-10/h1-6H,(H,15,17)(H,16,18)(H2,14,19,20). The second-order valence-corrected chi connectivity index (χ2v) is 5.63. The van der Waals surface area contributed by atoms with E-state index in [0.29, 0.717) is 6.07 Å². The maximum atomic E-state index is 13.7. The largest absolute Gasteiger partial charge is 0.318 e. The third kappa shape index (κ3) is 3.52. The number of rotatable bonds is 3. The van der Waals surface area contributed by atoms with Crippen LogP contribution in [-0.4, -0.2) is 19.3 Å². The molecule has 0 bridgehead atoms. The monoisotopic (exact) mass is 311 g/mol. The van der Waals surface area contributed by atoms with E-state index in [4.69, 9.17) is 5.14 Å². The first-order valence-corrected chi connectivity index (χ1v) is 7.15. The highest BCUT2D eigenvalue weighted by Gasteiger charge is 2.14. The number of hydrogen-bond donors (Lipinski definition) is 3. The molecule has 1 aromatic heterocycles. The number of aromatic nitrogens is 1. The first-order chi connectivity index (χ1) is 9.77. The maximum Gasteiger partial charge on any atom is 0.272 e. The van der Waals surface area contributed by atoms with Crippen LogP contribution < -0.4 is 16.0 Å². The Bertz CT molecular complexity index is 861. The molecule has 0 saturated carbocycles. The second-order valence-electron chi connectivity index (χ2n) is 4.07. The summed E-state index contributed by atoms with van der Waals surface area (Å²) < 4.78 is 35.9. The quantitative estimate of drug-likeness (QED) is 0.760. The molecule has 21 heavy (non-hydrogen) atoms. The van der Waals surface area contributed by atoms with Gasteiger partial charge in [0.05, 0.1) is 10.6 Å². The highest BCUT2D eigenvalue weighted by Crippen LogP contribution is 2.18. The number of benzene rings is 1. The van der Waals surface area contributed by atoms with Crippen molar-refractivity contribution in [3.05, 3.63) is 58.3 Å². The number of H-pyrrole nitrogens is 1. The lowest BCUT2D eigenvalue weighted by atomic mass is 10.3. The van der Waals surface area contributed by atoms with Crippen LogP contribution in [0.15, 0.2) is 46.1 Å². The fourth-order valence-electron chi connectivity index (χ4n) is 1.54. The molecule has 2 aromatic rings. The van der Waals surface area contributed by atoms with Gasteiger partial charge in [-0.25, -0.2) is 17.9 Å². The molecule has 0 aliphatic rings. The van der Waals surface area contributed by atoms with Crippen molar-refractivity contribution in [3.63, 3.8) is 0 Å². The van der Waals surface area contributed by atoms with Gasteiger partial charge in [0.1, 0.15) is 11.5 Å². The molecule has 4 N–H and O–H groups in total. The topological polar surface area (TPSA) is 122 Å². The Kier molecular flexibility index (Phi) is 3.87. The number of pyridine rings is 1. The average Bonchev–Trinajstić information content (AvgIpc) is 2.39. The molecule has 0 aliphatic heterocycles. The molecule has 2 rings (SSSR count). The Morgan fingerprint density at radius 1 is 1.24 bits per heavy atom. The van der Waals surface area contributed by atoms with Crippen LogP contribution in [0.1, 0.15) is 10.5 Å². The highest BCUT2D eigenvalue weighted by molar-refractivity contribution is 7.89. The van der Waals surface area contributed by atoms with Crippen molar-refractivity contribution in [1.29, 1.82) is 0 Å². The van der Waals surface area contributed by atoms with Crippen molar-refractivity contribution in [1.82, 2.24) is 4.98 Å². The third-order valence-electron chi connectivity index (χ3n) is 2.53. The molecule has 1 aromatic carbocycles. The molecule has 9 heteroatoms. The van der Waals surface area contributed by atoms with E-state index in [1.807, 2.05) is 0 Å². The molecule has 0 radical (unpaired) electrons. The molecule has 0 fully saturated rings. The van der Waals surface area contributed by atoms with Crippen molar-refractivity contribution in [2.75, 3.05) is 5.32 Å². The van der Waals surface area contributed by atoms with E-state index >= 15 is 0 Å². The zero-order valence-corrected chi connectivity index (χ0v) is 11.3. The van der Waals surface area contributed by atoms with Gasteiger partial charge in [-0.05, 0) is 24.3 Å². The van der Waals surface area contributed by atoms with E-state index in [9.17, 15) is 22.4 Å². The normalized spacial score (nSPS) is 11.1. The van der Waals surface area contributed by atoms with Crippen molar-refractivity contribution in [2.24, 2.45) is 5.14 Å².